The minimum absolute atomic E-state index is 0. The number of rotatable bonds is 4. The van der Waals surface area contributed by atoms with E-state index in [4.69, 9.17) is 14.2 Å². The van der Waals surface area contributed by atoms with Gasteiger partial charge in [0.1, 0.15) is 11.9 Å². The third-order valence-electron chi connectivity index (χ3n) is 5.15. The van der Waals surface area contributed by atoms with Gasteiger partial charge >= 0.3 is 0 Å². The Hall–Kier alpha value is -2.07. The molecule has 0 aromatic heterocycles. The first kappa shape index (κ1) is 22.6. The fourth-order valence-electron chi connectivity index (χ4n) is 3.73. The SMILES string of the molecule is CN=C(NCCc1ccc2c(c1)OCO2)N1CC(C)OC(c2ccc(F)cc2)C1.I. The van der Waals surface area contributed by atoms with E-state index in [2.05, 4.69) is 21.3 Å². The second-order valence-corrected chi connectivity index (χ2v) is 7.30. The third kappa shape index (κ3) is 5.34. The number of nitrogens with zero attached hydrogens (tertiary/aromatic N) is 2. The van der Waals surface area contributed by atoms with Crippen molar-refractivity contribution in [3.63, 3.8) is 0 Å². The summed E-state index contributed by atoms with van der Waals surface area (Å²) in [5, 5.41) is 3.45. The summed E-state index contributed by atoms with van der Waals surface area (Å²) in [7, 11) is 1.79. The molecular formula is C22H27FIN3O3. The molecule has 6 nitrogen and oxygen atoms in total. The molecule has 2 unspecified atom stereocenters. The van der Waals surface area contributed by atoms with Gasteiger partial charge in [0.05, 0.1) is 12.6 Å². The molecule has 1 fully saturated rings. The van der Waals surface area contributed by atoms with Crippen molar-refractivity contribution >= 4 is 29.9 Å². The molecule has 4 rings (SSSR count). The lowest BCUT2D eigenvalue weighted by Gasteiger charge is -2.38. The van der Waals surface area contributed by atoms with Crippen molar-refractivity contribution in [2.24, 2.45) is 4.99 Å². The zero-order chi connectivity index (χ0) is 20.2. The van der Waals surface area contributed by atoms with Crippen LogP contribution in [-0.4, -0.2) is 50.4 Å². The molecule has 0 saturated carbocycles. The Morgan fingerprint density at radius 3 is 2.67 bits per heavy atom. The number of nitrogens with one attached hydrogen (secondary N) is 1. The van der Waals surface area contributed by atoms with Crippen molar-refractivity contribution in [1.82, 2.24) is 10.2 Å². The Morgan fingerprint density at radius 2 is 1.90 bits per heavy atom. The van der Waals surface area contributed by atoms with E-state index in [0.717, 1.165) is 42.5 Å². The maximum Gasteiger partial charge on any atom is 0.231 e. The van der Waals surface area contributed by atoms with Gasteiger partial charge in [0.25, 0.3) is 0 Å². The molecule has 2 aromatic rings. The molecule has 0 spiro atoms. The summed E-state index contributed by atoms with van der Waals surface area (Å²) in [5.74, 6) is 2.20. The summed E-state index contributed by atoms with van der Waals surface area (Å²) in [4.78, 5) is 6.64. The van der Waals surface area contributed by atoms with Crippen molar-refractivity contribution in [2.45, 2.75) is 25.6 Å². The highest BCUT2D eigenvalue weighted by Crippen LogP contribution is 2.32. The largest absolute Gasteiger partial charge is 0.454 e. The molecular weight excluding hydrogens is 500 g/mol. The Balaban J connectivity index is 0.00000256. The average molecular weight is 527 g/mol. The number of ether oxygens (including phenoxy) is 3. The van der Waals surface area contributed by atoms with E-state index in [1.807, 2.05) is 19.1 Å². The maximum absolute atomic E-state index is 13.2. The summed E-state index contributed by atoms with van der Waals surface area (Å²) in [6.45, 7) is 4.50. The predicted octanol–water partition coefficient (Wildman–Crippen LogP) is 3.75. The van der Waals surface area contributed by atoms with Crippen LogP contribution in [0.15, 0.2) is 47.5 Å². The van der Waals surface area contributed by atoms with Crippen molar-refractivity contribution in [1.29, 1.82) is 0 Å². The molecule has 2 aliphatic rings. The van der Waals surface area contributed by atoms with Gasteiger partial charge in [-0.2, -0.15) is 0 Å². The quantitative estimate of drug-likeness (QED) is 0.373. The van der Waals surface area contributed by atoms with Crippen LogP contribution in [0.25, 0.3) is 0 Å². The first-order chi connectivity index (χ1) is 14.1. The first-order valence-corrected chi connectivity index (χ1v) is 9.87. The second-order valence-electron chi connectivity index (χ2n) is 7.30. The van der Waals surface area contributed by atoms with Gasteiger partial charge in [0, 0.05) is 20.1 Å². The van der Waals surface area contributed by atoms with E-state index in [9.17, 15) is 4.39 Å². The zero-order valence-electron chi connectivity index (χ0n) is 17.1. The monoisotopic (exact) mass is 527 g/mol. The smallest absolute Gasteiger partial charge is 0.231 e. The number of hydrogen-bond acceptors (Lipinski definition) is 4. The van der Waals surface area contributed by atoms with Crippen LogP contribution in [0.1, 0.15) is 24.2 Å². The van der Waals surface area contributed by atoms with E-state index in [1.165, 1.54) is 17.7 Å². The van der Waals surface area contributed by atoms with Gasteiger partial charge in [0.15, 0.2) is 17.5 Å². The van der Waals surface area contributed by atoms with Gasteiger partial charge in [-0.3, -0.25) is 4.99 Å². The van der Waals surface area contributed by atoms with Crippen LogP contribution in [0.4, 0.5) is 4.39 Å². The highest BCUT2D eigenvalue weighted by molar-refractivity contribution is 14.0. The molecule has 1 saturated heterocycles. The summed E-state index contributed by atoms with van der Waals surface area (Å²) < 4.78 is 30.1. The van der Waals surface area contributed by atoms with Crippen LogP contribution < -0.4 is 14.8 Å². The number of aliphatic imine (C=N–C) groups is 1. The van der Waals surface area contributed by atoms with Crippen LogP contribution in [0, 0.1) is 5.82 Å². The van der Waals surface area contributed by atoms with E-state index in [1.54, 1.807) is 19.2 Å². The van der Waals surface area contributed by atoms with Crippen LogP contribution in [0.3, 0.4) is 0 Å². The zero-order valence-corrected chi connectivity index (χ0v) is 19.5. The third-order valence-corrected chi connectivity index (χ3v) is 5.15. The van der Waals surface area contributed by atoms with E-state index in [0.29, 0.717) is 6.54 Å². The highest BCUT2D eigenvalue weighted by atomic mass is 127. The van der Waals surface area contributed by atoms with Gasteiger partial charge in [-0.15, -0.1) is 24.0 Å². The molecule has 2 atom stereocenters. The summed E-state index contributed by atoms with van der Waals surface area (Å²) in [6.07, 6.45) is 0.773. The molecule has 0 radical (unpaired) electrons. The summed E-state index contributed by atoms with van der Waals surface area (Å²) in [5.41, 5.74) is 2.15. The lowest BCUT2D eigenvalue weighted by molar-refractivity contribution is -0.0604. The maximum atomic E-state index is 13.2. The number of halogens is 2. The number of morpholine rings is 1. The standard InChI is InChI=1S/C22H26FN3O3.HI/c1-15-12-26(13-21(29-15)17-4-6-18(23)7-5-17)22(24-2)25-10-9-16-3-8-19-20(11-16)28-14-27-19;/h3-8,11,15,21H,9-10,12-14H2,1-2H3,(H,24,25);1H. The summed E-state index contributed by atoms with van der Waals surface area (Å²) >= 11 is 0. The lowest BCUT2D eigenvalue weighted by Crippen LogP contribution is -2.51. The van der Waals surface area contributed by atoms with Crippen LogP contribution in [0.5, 0.6) is 11.5 Å². The minimum Gasteiger partial charge on any atom is -0.454 e. The van der Waals surface area contributed by atoms with Gasteiger partial charge in [-0.1, -0.05) is 18.2 Å². The van der Waals surface area contributed by atoms with Crippen LogP contribution in [0.2, 0.25) is 0 Å². The first-order valence-electron chi connectivity index (χ1n) is 9.87. The molecule has 30 heavy (non-hydrogen) atoms. The minimum atomic E-state index is -0.240. The number of benzene rings is 2. The predicted molar refractivity (Wildman–Crippen MR) is 124 cm³/mol. The Kier molecular flexibility index (Phi) is 7.76. The molecule has 8 heteroatoms. The molecule has 2 heterocycles. The average Bonchev–Trinajstić information content (AvgIpc) is 3.19. The molecule has 0 aliphatic carbocycles. The fraction of sp³-hybridized carbons (Fsp3) is 0.409. The van der Waals surface area contributed by atoms with Crippen molar-refractivity contribution in [3.8, 4) is 11.5 Å². The Morgan fingerprint density at radius 1 is 1.13 bits per heavy atom. The van der Waals surface area contributed by atoms with Crippen LogP contribution >= 0.6 is 24.0 Å². The van der Waals surface area contributed by atoms with Gasteiger partial charge in [-0.05, 0) is 48.7 Å². The lowest BCUT2D eigenvalue weighted by atomic mass is 10.1. The molecule has 0 bridgehead atoms. The topological polar surface area (TPSA) is 55.3 Å². The van der Waals surface area contributed by atoms with Gasteiger partial charge < -0.3 is 24.4 Å². The Labute approximate surface area is 193 Å². The number of hydrogen-bond donors (Lipinski definition) is 1. The van der Waals surface area contributed by atoms with Crippen LogP contribution in [-0.2, 0) is 11.2 Å². The molecule has 1 N–H and O–H groups in total. The van der Waals surface area contributed by atoms with E-state index < -0.39 is 0 Å². The van der Waals surface area contributed by atoms with Gasteiger partial charge in [-0.25, -0.2) is 4.39 Å². The molecule has 2 aromatic carbocycles. The molecule has 0 amide bonds. The molecule has 2 aliphatic heterocycles. The summed E-state index contributed by atoms with van der Waals surface area (Å²) in [6, 6.07) is 12.5. The van der Waals surface area contributed by atoms with Crippen molar-refractivity contribution < 1.29 is 18.6 Å². The van der Waals surface area contributed by atoms with Gasteiger partial charge in [0.2, 0.25) is 6.79 Å². The van der Waals surface area contributed by atoms with Crippen molar-refractivity contribution in [2.75, 3.05) is 33.5 Å². The molecule has 162 valence electrons. The number of guanidine groups is 1. The normalized spacial score (nSPS) is 20.6. The van der Waals surface area contributed by atoms with E-state index >= 15 is 0 Å². The number of fused-ring (bicyclic) bond motifs is 1. The highest BCUT2D eigenvalue weighted by Gasteiger charge is 2.28. The van der Waals surface area contributed by atoms with Crippen molar-refractivity contribution in [3.05, 3.63) is 59.4 Å². The second kappa shape index (κ2) is 10.3. The fourth-order valence-corrected chi connectivity index (χ4v) is 3.73. The van der Waals surface area contributed by atoms with E-state index in [-0.39, 0.29) is 48.8 Å². The Bertz CT molecular complexity index is 878.